The zero-order valence-corrected chi connectivity index (χ0v) is 18.1. The predicted octanol–water partition coefficient (Wildman–Crippen LogP) is 5.47. The van der Waals surface area contributed by atoms with Gasteiger partial charge in [0.2, 0.25) is 0 Å². The molecule has 0 saturated carbocycles. The Kier molecular flexibility index (Phi) is 6.73. The number of carbonyl (C=O) groups is 1. The molecule has 0 unspecified atom stereocenters. The molecule has 1 aliphatic rings. The van der Waals surface area contributed by atoms with Crippen molar-refractivity contribution in [3.8, 4) is 0 Å². The topological polar surface area (TPSA) is 44.4 Å². The minimum atomic E-state index is -0.349. The number of amides is 1. The molecule has 2 aromatic rings. The average molecular weight is 467 g/mol. The average Bonchev–Trinajstić information content (AvgIpc) is 2.65. The molecule has 142 valence electrons. The van der Waals surface area contributed by atoms with Crippen LogP contribution in [0.1, 0.15) is 30.1 Å². The number of hydrogen-bond acceptors (Lipinski definition) is 3. The Morgan fingerprint density at radius 2 is 1.85 bits per heavy atom. The molecule has 1 aliphatic heterocycles. The molecule has 3 rings (SSSR count). The second kappa shape index (κ2) is 9.04. The minimum Gasteiger partial charge on any atom is -0.372 e. The van der Waals surface area contributed by atoms with Crippen molar-refractivity contribution in [1.29, 1.82) is 0 Å². The van der Waals surface area contributed by atoms with Gasteiger partial charge in [0.15, 0.2) is 5.11 Å². The lowest BCUT2D eigenvalue weighted by Gasteiger charge is -2.32. The summed E-state index contributed by atoms with van der Waals surface area (Å²) in [5, 5.41) is 6.31. The largest absolute Gasteiger partial charge is 0.372 e. The summed E-state index contributed by atoms with van der Waals surface area (Å²) in [4.78, 5) is 14.8. The SMILES string of the molecule is CC1CCN(c2ccc(NC(=S)NC(=O)c3cc(Br)ccc3Cl)cc2)CC1. The van der Waals surface area contributed by atoms with Crippen LogP contribution in [0.5, 0.6) is 0 Å². The summed E-state index contributed by atoms with van der Waals surface area (Å²) in [6.07, 6.45) is 2.46. The standard InChI is InChI=1S/C20H21BrClN3OS/c1-13-8-10-25(11-9-13)16-5-3-15(4-6-16)23-20(27)24-19(26)17-12-14(21)2-7-18(17)22/h2-7,12-13H,8-11H2,1H3,(H2,23,24,26,27). The van der Waals surface area contributed by atoms with Gasteiger partial charge < -0.3 is 10.2 Å². The Morgan fingerprint density at radius 3 is 2.52 bits per heavy atom. The summed E-state index contributed by atoms with van der Waals surface area (Å²) in [6, 6.07) is 13.2. The molecule has 1 saturated heterocycles. The van der Waals surface area contributed by atoms with Gasteiger partial charge in [-0.15, -0.1) is 0 Å². The zero-order chi connectivity index (χ0) is 19.4. The van der Waals surface area contributed by atoms with Crippen LogP contribution in [0.2, 0.25) is 5.02 Å². The van der Waals surface area contributed by atoms with Gasteiger partial charge in [-0.1, -0.05) is 34.5 Å². The van der Waals surface area contributed by atoms with Gasteiger partial charge in [0.1, 0.15) is 0 Å². The van der Waals surface area contributed by atoms with E-state index in [1.807, 2.05) is 12.1 Å². The Morgan fingerprint density at radius 1 is 1.19 bits per heavy atom. The Hall–Kier alpha value is -1.63. The first-order valence-corrected chi connectivity index (χ1v) is 10.4. The number of benzene rings is 2. The van der Waals surface area contributed by atoms with E-state index < -0.39 is 0 Å². The van der Waals surface area contributed by atoms with Crippen LogP contribution < -0.4 is 15.5 Å². The first-order valence-electron chi connectivity index (χ1n) is 8.85. The third-order valence-electron chi connectivity index (χ3n) is 4.67. The molecule has 27 heavy (non-hydrogen) atoms. The third-order valence-corrected chi connectivity index (χ3v) is 5.70. The fourth-order valence-corrected chi connectivity index (χ4v) is 3.80. The van der Waals surface area contributed by atoms with Gasteiger partial charge in [-0.3, -0.25) is 10.1 Å². The van der Waals surface area contributed by atoms with Gasteiger partial charge in [0.05, 0.1) is 10.6 Å². The van der Waals surface area contributed by atoms with Crippen molar-refractivity contribution in [2.45, 2.75) is 19.8 Å². The van der Waals surface area contributed by atoms with E-state index in [-0.39, 0.29) is 11.0 Å². The first kappa shape index (κ1) is 20.1. The molecule has 0 aliphatic carbocycles. The Bertz CT molecular complexity index is 836. The maximum atomic E-state index is 12.4. The van der Waals surface area contributed by atoms with Crippen molar-refractivity contribution in [1.82, 2.24) is 5.32 Å². The highest BCUT2D eigenvalue weighted by atomic mass is 79.9. The summed E-state index contributed by atoms with van der Waals surface area (Å²) in [5.41, 5.74) is 2.41. The maximum Gasteiger partial charge on any atom is 0.258 e. The van der Waals surface area contributed by atoms with Crippen LogP contribution in [0.3, 0.4) is 0 Å². The Labute approximate surface area is 178 Å². The van der Waals surface area contributed by atoms with Gasteiger partial charge in [0.25, 0.3) is 5.91 Å². The fourth-order valence-electron chi connectivity index (χ4n) is 3.03. The lowest BCUT2D eigenvalue weighted by atomic mass is 9.99. The number of hydrogen-bond donors (Lipinski definition) is 2. The Balaban J connectivity index is 1.57. The molecule has 0 spiro atoms. The summed E-state index contributed by atoms with van der Waals surface area (Å²) in [5.74, 6) is 0.458. The number of piperidine rings is 1. The molecule has 0 aromatic heterocycles. The van der Waals surface area contributed by atoms with Crippen LogP contribution in [-0.4, -0.2) is 24.1 Å². The predicted molar refractivity (Wildman–Crippen MR) is 120 cm³/mol. The van der Waals surface area contributed by atoms with Gasteiger partial charge in [-0.25, -0.2) is 0 Å². The number of nitrogens with one attached hydrogen (secondary N) is 2. The molecule has 2 aromatic carbocycles. The molecule has 2 N–H and O–H groups in total. The van der Waals surface area contributed by atoms with Crippen molar-refractivity contribution in [2.24, 2.45) is 5.92 Å². The highest BCUT2D eigenvalue weighted by molar-refractivity contribution is 9.10. The van der Waals surface area contributed by atoms with Crippen LogP contribution >= 0.6 is 39.7 Å². The number of anilines is 2. The quantitative estimate of drug-likeness (QED) is 0.589. The van der Waals surface area contributed by atoms with E-state index in [9.17, 15) is 4.79 Å². The fraction of sp³-hybridized carbons (Fsp3) is 0.300. The summed E-state index contributed by atoms with van der Waals surface area (Å²) < 4.78 is 0.777. The summed E-state index contributed by atoms with van der Waals surface area (Å²) in [6.45, 7) is 4.49. The van der Waals surface area contributed by atoms with E-state index in [1.54, 1.807) is 18.2 Å². The molecule has 0 bridgehead atoms. The molecule has 7 heteroatoms. The summed E-state index contributed by atoms with van der Waals surface area (Å²) in [7, 11) is 0. The van der Waals surface area contributed by atoms with Crippen LogP contribution in [0.15, 0.2) is 46.9 Å². The second-order valence-corrected chi connectivity index (χ2v) is 8.48. The van der Waals surface area contributed by atoms with Gasteiger partial charge in [0, 0.05) is 28.9 Å². The lowest BCUT2D eigenvalue weighted by molar-refractivity contribution is 0.0978. The molecule has 1 fully saturated rings. The van der Waals surface area contributed by atoms with Crippen LogP contribution in [-0.2, 0) is 0 Å². The zero-order valence-electron chi connectivity index (χ0n) is 15.0. The third kappa shape index (κ3) is 5.43. The van der Waals surface area contributed by atoms with E-state index in [1.165, 1.54) is 18.5 Å². The van der Waals surface area contributed by atoms with Crippen molar-refractivity contribution >= 4 is 62.1 Å². The monoisotopic (exact) mass is 465 g/mol. The first-order chi connectivity index (χ1) is 12.9. The second-order valence-electron chi connectivity index (χ2n) is 6.75. The molecular formula is C20H21BrClN3OS. The molecule has 0 atom stereocenters. The smallest absolute Gasteiger partial charge is 0.258 e. The maximum absolute atomic E-state index is 12.4. The molecule has 1 amide bonds. The van der Waals surface area contributed by atoms with Crippen molar-refractivity contribution < 1.29 is 4.79 Å². The van der Waals surface area contributed by atoms with Crippen molar-refractivity contribution in [3.05, 3.63) is 57.5 Å². The van der Waals surface area contributed by atoms with Crippen LogP contribution in [0.25, 0.3) is 0 Å². The highest BCUT2D eigenvalue weighted by Gasteiger charge is 2.16. The van der Waals surface area contributed by atoms with E-state index >= 15 is 0 Å². The van der Waals surface area contributed by atoms with Crippen molar-refractivity contribution in [2.75, 3.05) is 23.3 Å². The molecule has 1 heterocycles. The van der Waals surface area contributed by atoms with Crippen LogP contribution in [0.4, 0.5) is 11.4 Å². The highest BCUT2D eigenvalue weighted by Crippen LogP contribution is 2.24. The molecular weight excluding hydrogens is 446 g/mol. The van der Waals surface area contributed by atoms with E-state index in [0.717, 1.165) is 29.2 Å². The van der Waals surface area contributed by atoms with Crippen molar-refractivity contribution in [3.63, 3.8) is 0 Å². The van der Waals surface area contributed by atoms with Gasteiger partial charge in [-0.05, 0) is 73.4 Å². The normalized spacial score (nSPS) is 14.7. The van der Waals surface area contributed by atoms with E-state index in [2.05, 4.69) is 50.5 Å². The number of carbonyl (C=O) groups excluding carboxylic acids is 1. The molecule has 4 nitrogen and oxygen atoms in total. The minimum absolute atomic E-state index is 0.232. The van der Waals surface area contributed by atoms with Gasteiger partial charge in [-0.2, -0.15) is 0 Å². The van der Waals surface area contributed by atoms with Gasteiger partial charge >= 0.3 is 0 Å². The number of halogens is 2. The number of rotatable bonds is 3. The number of thiocarbonyl (C=S) groups is 1. The molecule has 0 radical (unpaired) electrons. The number of nitrogens with zero attached hydrogens (tertiary/aromatic N) is 1. The van der Waals surface area contributed by atoms with Crippen LogP contribution in [0, 0.1) is 5.92 Å². The van der Waals surface area contributed by atoms with E-state index in [4.69, 9.17) is 23.8 Å². The summed E-state index contributed by atoms with van der Waals surface area (Å²) >= 11 is 14.7. The lowest BCUT2D eigenvalue weighted by Crippen LogP contribution is -2.34. The van der Waals surface area contributed by atoms with E-state index in [0.29, 0.717) is 10.6 Å².